The first kappa shape index (κ1) is 17.2. The second-order valence-electron chi connectivity index (χ2n) is 5.08. The molecule has 0 spiro atoms. The normalized spacial score (nSPS) is 12.4. The van der Waals surface area contributed by atoms with Gasteiger partial charge in [0, 0.05) is 12.0 Å². The number of amides is 2. The Kier molecular flexibility index (Phi) is 6.89. The molecule has 0 unspecified atom stereocenters. The molecule has 0 saturated heterocycles. The van der Waals surface area contributed by atoms with Gasteiger partial charge in [0.1, 0.15) is 6.04 Å². The predicted octanol–water partition coefficient (Wildman–Crippen LogP) is 0.881. The molecule has 7 nitrogen and oxygen atoms in total. The van der Waals surface area contributed by atoms with Gasteiger partial charge in [0.25, 0.3) is 0 Å². The van der Waals surface area contributed by atoms with Crippen LogP contribution in [0.2, 0.25) is 0 Å². The number of aliphatic carboxylic acids is 1. The van der Waals surface area contributed by atoms with Gasteiger partial charge in [-0.3, -0.25) is 4.79 Å². The minimum atomic E-state index is -1.19. The number of hydrogen-bond donors (Lipinski definition) is 3. The third-order valence-electron chi connectivity index (χ3n) is 2.03. The van der Waals surface area contributed by atoms with Crippen molar-refractivity contribution in [3.8, 4) is 0 Å². The quantitative estimate of drug-likeness (QED) is 0.624. The Labute approximate surface area is 112 Å². The Morgan fingerprint density at radius 2 is 1.84 bits per heavy atom. The smallest absolute Gasteiger partial charge is 0.326 e. The van der Waals surface area contributed by atoms with Crippen molar-refractivity contribution in [3.05, 3.63) is 0 Å². The van der Waals surface area contributed by atoms with Crippen molar-refractivity contribution >= 4 is 18.0 Å². The van der Waals surface area contributed by atoms with Crippen molar-refractivity contribution in [3.63, 3.8) is 0 Å². The van der Waals surface area contributed by atoms with Crippen molar-refractivity contribution < 1.29 is 24.2 Å². The first-order valence-corrected chi connectivity index (χ1v) is 6.13. The average Bonchev–Trinajstić information content (AvgIpc) is 2.21. The van der Waals surface area contributed by atoms with E-state index in [4.69, 9.17) is 9.84 Å². The van der Waals surface area contributed by atoms with Crippen molar-refractivity contribution in [2.75, 3.05) is 6.61 Å². The van der Waals surface area contributed by atoms with Crippen molar-refractivity contribution in [2.24, 2.45) is 0 Å². The van der Waals surface area contributed by atoms with E-state index in [1.54, 1.807) is 27.7 Å². The number of esters is 1. The SMILES string of the molecule is CCOC(=O)CC[C@H](NC(=O)NC(C)(C)C)C(=O)O. The lowest BCUT2D eigenvalue weighted by molar-refractivity contribution is -0.144. The number of hydrogen-bond acceptors (Lipinski definition) is 4. The molecule has 0 radical (unpaired) electrons. The van der Waals surface area contributed by atoms with Gasteiger partial charge in [0.2, 0.25) is 0 Å². The summed E-state index contributed by atoms with van der Waals surface area (Å²) in [5.74, 6) is -1.67. The van der Waals surface area contributed by atoms with E-state index in [1.807, 2.05) is 0 Å². The summed E-state index contributed by atoms with van der Waals surface area (Å²) >= 11 is 0. The molecule has 3 N–H and O–H groups in total. The highest BCUT2D eigenvalue weighted by Gasteiger charge is 2.23. The van der Waals surface area contributed by atoms with Crippen LogP contribution in [0.15, 0.2) is 0 Å². The molecule has 0 heterocycles. The molecular weight excluding hydrogens is 252 g/mol. The second-order valence-corrected chi connectivity index (χ2v) is 5.08. The summed E-state index contributed by atoms with van der Waals surface area (Å²) in [5.41, 5.74) is -0.464. The minimum Gasteiger partial charge on any atom is -0.480 e. The number of carbonyl (C=O) groups is 3. The van der Waals surface area contributed by atoms with Crippen LogP contribution in [0.1, 0.15) is 40.5 Å². The largest absolute Gasteiger partial charge is 0.480 e. The van der Waals surface area contributed by atoms with Crippen LogP contribution >= 0.6 is 0 Å². The van der Waals surface area contributed by atoms with Crippen LogP contribution in [0.4, 0.5) is 4.79 Å². The van der Waals surface area contributed by atoms with E-state index in [2.05, 4.69) is 10.6 Å². The molecule has 0 aliphatic heterocycles. The van der Waals surface area contributed by atoms with Gasteiger partial charge in [-0.25, -0.2) is 9.59 Å². The summed E-state index contributed by atoms with van der Waals surface area (Å²) in [6.45, 7) is 7.25. The van der Waals surface area contributed by atoms with E-state index in [1.165, 1.54) is 0 Å². The topological polar surface area (TPSA) is 105 Å². The first-order chi connectivity index (χ1) is 8.65. The highest BCUT2D eigenvalue weighted by atomic mass is 16.5. The van der Waals surface area contributed by atoms with E-state index < -0.39 is 29.6 Å². The molecule has 0 fully saturated rings. The van der Waals surface area contributed by atoms with Gasteiger partial charge in [-0.15, -0.1) is 0 Å². The third kappa shape index (κ3) is 8.87. The highest BCUT2D eigenvalue weighted by molar-refractivity contribution is 5.83. The van der Waals surface area contributed by atoms with Crippen LogP contribution in [0.25, 0.3) is 0 Å². The van der Waals surface area contributed by atoms with Crippen molar-refractivity contribution in [2.45, 2.75) is 52.1 Å². The molecule has 1 atom stereocenters. The van der Waals surface area contributed by atoms with E-state index in [0.717, 1.165) is 0 Å². The van der Waals surface area contributed by atoms with Crippen LogP contribution in [0.3, 0.4) is 0 Å². The van der Waals surface area contributed by atoms with Gasteiger partial charge in [-0.05, 0) is 34.1 Å². The highest BCUT2D eigenvalue weighted by Crippen LogP contribution is 2.02. The van der Waals surface area contributed by atoms with Gasteiger partial charge < -0.3 is 20.5 Å². The molecule has 110 valence electrons. The molecule has 7 heteroatoms. The average molecular weight is 274 g/mol. The third-order valence-corrected chi connectivity index (χ3v) is 2.03. The lowest BCUT2D eigenvalue weighted by atomic mass is 10.1. The zero-order valence-electron chi connectivity index (χ0n) is 11.8. The molecule has 0 aromatic rings. The fourth-order valence-corrected chi connectivity index (χ4v) is 1.29. The Morgan fingerprint density at radius 1 is 1.26 bits per heavy atom. The van der Waals surface area contributed by atoms with Gasteiger partial charge in [-0.2, -0.15) is 0 Å². The molecule has 0 saturated carbocycles. The lowest BCUT2D eigenvalue weighted by Gasteiger charge is -2.22. The summed E-state index contributed by atoms with van der Waals surface area (Å²) < 4.78 is 4.70. The number of rotatable bonds is 6. The summed E-state index contributed by atoms with van der Waals surface area (Å²) in [7, 11) is 0. The van der Waals surface area contributed by atoms with E-state index in [9.17, 15) is 14.4 Å². The Balaban J connectivity index is 4.31. The zero-order chi connectivity index (χ0) is 15.1. The fraction of sp³-hybridized carbons (Fsp3) is 0.750. The second kappa shape index (κ2) is 7.60. The van der Waals surface area contributed by atoms with Gasteiger partial charge in [0.15, 0.2) is 0 Å². The summed E-state index contributed by atoms with van der Waals surface area (Å²) in [6.07, 6.45) is -0.0632. The summed E-state index contributed by atoms with van der Waals surface area (Å²) in [5, 5.41) is 13.9. The predicted molar refractivity (Wildman–Crippen MR) is 68.7 cm³/mol. The molecule has 0 aliphatic rings. The van der Waals surface area contributed by atoms with Crippen LogP contribution in [0.5, 0.6) is 0 Å². The van der Waals surface area contributed by atoms with E-state index in [0.29, 0.717) is 0 Å². The Hall–Kier alpha value is -1.79. The number of urea groups is 1. The summed E-state index contributed by atoms with van der Waals surface area (Å²) in [4.78, 5) is 33.7. The fourth-order valence-electron chi connectivity index (χ4n) is 1.29. The Morgan fingerprint density at radius 3 is 2.26 bits per heavy atom. The van der Waals surface area contributed by atoms with Crippen LogP contribution in [0, 0.1) is 0 Å². The van der Waals surface area contributed by atoms with Gasteiger partial charge >= 0.3 is 18.0 Å². The molecule has 0 aromatic heterocycles. The summed E-state index contributed by atoms with van der Waals surface area (Å²) in [6, 6.07) is -1.70. The maximum Gasteiger partial charge on any atom is 0.326 e. The van der Waals surface area contributed by atoms with Crippen molar-refractivity contribution in [1.82, 2.24) is 10.6 Å². The van der Waals surface area contributed by atoms with Crippen LogP contribution in [-0.2, 0) is 14.3 Å². The van der Waals surface area contributed by atoms with E-state index in [-0.39, 0.29) is 19.4 Å². The van der Waals surface area contributed by atoms with Crippen LogP contribution in [-0.4, -0.2) is 41.3 Å². The number of ether oxygens (including phenoxy) is 1. The standard InChI is InChI=1S/C12H22N2O5/c1-5-19-9(15)7-6-8(10(16)17)13-11(18)14-12(2,3)4/h8H,5-7H2,1-4H3,(H,16,17)(H2,13,14,18)/t8-/m0/s1. The molecular formula is C12H22N2O5. The van der Waals surface area contributed by atoms with Gasteiger partial charge in [0.05, 0.1) is 6.61 Å². The maximum atomic E-state index is 11.5. The number of carbonyl (C=O) groups excluding carboxylic acids is 2. The van der Waals surface area contributed by atoms with Gasteiger partial charge in [-0.1, -0.05) is 0 Å². The molecule has 0 bridgehead atoms. The number of carboxylic acids is 1. The molecule has 0 aromatic carbocycles. The molecule has 0 aliphatic carbocycles. The monoisotopic (exact) mass is 274 g/mol. The minimum absolute atomic E-state index is 0.00820. The molecule has 2 amide bonds. The van der Waals surface area contributed by atoms with E-state index >= 15 is 0 Å². The zero-order valence-corrected chi connectivity index (χ0v) is 11.8. The lowest BCUT2D eigenvalue weighted by Crippen LogP contribution is -2.51. The molecule has 0 rings (SSSR count). The van der Waals surface area contributed by atoms with Crippen molar-refractivity contribution in [1.29, 1.82) is 0 Å². The maximum absolute atomic E-state index is 11.5. The molecule has 19 heavy (non-hydrogen) atoms. The number of nitrogens with one attached hydrogen (secondary N) is 2. The van der Waals surface area contributed by atoms with Crippen LogP contribution < -0.4 is 10.6 Å². The number of carboxylic acid groups (broad SMARTS) is 1. The Bertz CT molecular complexity index is 336. The first-order valence-electron chi connectivity index (χ1n) is 6.13.